The molecule has 0 aromatic heterocycles. The van der Waals surface area contributed by atoms with Gasteiger partial charge in [-0.1, -0.05) is 31.4 Å². The van der Waals surface area contributed by atoms with Gasteiger partial charge in [-0.15, -0.1) is 24.0 Å². The van der Waals surface area contributed by atoms with Crippen LogP contribution in [0.3, 0.4) is 0 Å². The van der Waals surface area contributed by atoms with Crippen LogP contribution >= 0.6 is 24.0 Å². The van der Waals surface area contributed by atoms with Crippen LogP contribution in [-0.2, 0) is 11.3 Å². The molecule has 0 amide bonds. The lowest BCUT2D eigenvalue weighted by molar-refractivity contribution is 0.0277. The summed E-state index contributed by atoms with van der Waals surface area (Å²) >= 11 is 0. The summed E-state index contributed by atoms with van der Waals surface area (Å²) < 4.78 is 11.1. The van der Waals surface area contributed by atoms with Gasteiger partial charge in [0, 0.05) is 19.7 Å². The van der Waals surface area contributed by atoms with Crippen molar-refractivity contribution in [3.8, 4) is 5.75 Å². The molecule has 0 bridgehead atoms. The lowest BCUT2D eigenvalue weighted by Gasteiger charge is -2.22. The van der Waals surface area contributed by atoms with E-state index in [0.29, 0.717) is 12.6 Å². The molecule has 0 unspecified atom stereocenters. The summed E-state index contributed by atoms with van der Waals surface area (Å²) in [7, 11) is 1.68. The van der Waals surface area contributed by atoms with Crippen molar-refractivity contribution >= 4 is 29.9 Å². The Morgan fingerprint density at radius 1 is 1.12 bits per heavy atom. The lowest BCUT2D eigenvalue weighted by Crippen LogP contribution is -2.38. The number of nitrogens with one attached hydrogen (secondary N) is 2. The van der Waals surface area contributed by atoms with Crippen molar-refractivity contribution in [2.24, 2.45) is 4.99 Å². The van der Waals surface area contributed by atoms with Gasteiger partial charge < -0.3 is 20.1 Å². The predicted molar refractivity (Wildman–Crippen MR) is 119 cm³/mol. The van der Waals surface area contributed by atoms with E-state index in [-0.39, 0.29) is 24.0 Å². The van der Waals surface area contributed by atoms with Crippen LogP contribution in [0.4, 0.5) is 0 Å². The van der Waals surface area contributed by atoms with Crippen molar-refractivity contribution in [3.05, 3.63) is 29.8 Å². The number of hydrogen-bond donors (Lipinski definition) is 2. The normalized spacial score (nSPS) is 15.2. The van der Waals surface area contributed by atoms with Crippen LogP contribution in [0.1, 0.15) is 51.0 Å². The molecule has 0 spiro atoms. The van der Waals surface area contributed by atoms with Gasteiger partial charge in [-0.25, -0.2) is 4.99 Å². The van der Waals surface area contributed by atoms with Gasteiger partial charge in [0.15, 0.2) is 5.96 Å². The van der Waals surface area contributed by atoms with Crippen molar-refractivity contribution in [1.82, 2.24) is 10.6 Å². The van der Waals surface area contributed by atoms with Crippen LogP contribution in [-0.4, -0.2) is 38.9 Å². The minimum absolute atomic E-state index is 0. The summed E-state index contributed by atoms with van der Waals surface area (Å²) in [5.74, 6) is 1.73. The highest BCUT2D eigenvalue weighted by Gasteiger charge is 2.12. The Morgan fingerprint density at radius 2 is 1.85 bits per heavy atom. The van der Waals surface area contributed by atoms with Gasteiger partial charge in [0.1, 0.15) is 5.75 Å². The third-order valence-electron chi connectivity index (χ3n) is 4.44. The molecular formula is C20H34IN3O2. The van der Waals surface area contributed by atoms with Gasteiger partial charge in [0.2, 0.25) is 0 Å². The van der Waals surface area contributed by atoms with Crippen LogP contribution in [0.25, 0.3) is 0 Å². The van der Waals surface area contributed by atoms with Crippen molar-refractivity contribution in [1.29, 1.82) is 0 Å². The predicted octanol–water partition coefficient (Wildman–Crippen LogP) is 4.11. The van der Waals surface area contributed by atoms with E-state index in [2.05, 4.69) is 22.5 Å². The maximum absolute atomic E-state index is 5.96. The van der Waals surface area contributed by atoms with Gasteiger partial charge in [-0.3, -0.25) is 0 Å². The Bertz CT molecular complexity index is 502. The molecule has 1 fully saturated rings. The Kier molecular flexibility index (Phi) is 12.5. The number of hydrogen-bond acceptors (Lipinski definition) is 3. The smallest absolute Gasteiger partial charge is 0.191 e. The molecule has 1 aromatic carbocycles. The molecule has 0 atom stereocenters. The van der Waals surface area contributed by atoms with E-state index in [1.165, 1.54) is 37.7 Å². The van der Waals surface area contributed by atoms with Crippen molar-refractivity contribution < 1.29 is 9.47 Å². The molecule has 5 nitrogen and oxygen atoms in total. The number of benzene rings is 1. The zero-order chi connectivity index (χ0) is 17.7. The van der Waals surface area contributed by atoms with E-state index in [0.717, 1.165) is 37.8 Å². The van der Waals surface area contributed by atoms with Crippen LogP contribution < -0.4 is 15.4 Å². The Morgan fingerprint density at radius 3 is 2.50 bits per heavy atom. The van der Waals surface area contributed by atoms with E-state index >= 15 is 0 Å². The zero-order valence-electron chi connectivity index (χ0n) is 16.1. The number of guanidine groups is 1. The fourth-order valence-electron chi connectivity index (χ4n) is 3.00. The molecule has 1 aliphatic carbocycles. The number of ether oxygens (including phenoxy) is 2. The highest BCUT2D eigenvalue weighted by atomic mass is 127. The maximum Gasteiger partial charge on any atom is 0.191 e. The number of aliphatic imine (C=N–C) groups is 1. The van der Waals surface area contributed by atoms with Crippen molar-refractivity contribution in [2.75, 3.05) is 26.8 Å². The van der Waals surface area contributed by atoms with E-state index < -0.39 is 0 Å². The first kappa shape index (κ1) is 23.0. The standard InChI is InChI=1S/C20H33N3O2.HI/c1-3-21-20(23-16-17-10-12-18(24-2)13-11-17)22-14-7-15-25-19-8-5-4-6-9-19;/h10-13,19H,3-9,14-16H2,1-2H3,(H2,21,22,23);1H. The molecule has 1 saturated carbocycles. The number of halogens is 1. The third-order valence-corrected chi connectivity index (χ3v) is 4.44. The van der Waals surface area contributed by atoms with Gasteiger partial charge in [-0.2, -0.15) is 0 Å². The molecule has 1 aliphatic rings. The van der Waals surface area contributed by atoms with Crippen LogP contribution in [0.15, 0.2) is 29.3 Å². The summed E-state index contributed by atoms with van der Waals surface area (Å²) in [4.78, 5) is 4.64. The molecule has 2 N–H and O–H groups in total. The van der Waals surface area contributed by atoms with Crippen LogP contribution in [0.2, 0.25) is 0 Å². The summed E-state index contributed by atoms with van der Waals surface area (Å²) in [6.45, 7) is 5.29. The van der Waals surface area contributed by atoms with Gasteiger partial charge in [0.05, 0.1) is 19.8 Å². The highest BCUT2D eigenvalue weighted by Crippen LogP contribution is 2.20. The second-order valence-corrected chi connectivity index (χ2v) is 6.45. The third kappa shape index (κ3) is 9.07. The lowest BCUT2D eigenvalue weighted by atomic mass is 9.98. The first-order chi connectivity index (χ1) is 12.3. The molecular weight excluding hydrogens is 441 g/mol. The Labute approximate surface area is 175 Å². The van der Waals surface area contributed by atoms with E-state index in [1.54, 1.807) is 7.11 Å². The molecule has 0 heterocycles. The average molecular weight is 475 g/mol. The zero-order valence-corrected chi connectivity index (χ0v) is 18.5. The molecule has 1 aromatic rings. The van der Waals surface area contributed by atoms with E-state index in [1.807, 2.05) is 24.3 Å². The topological polar surface area (TPSA) is 54.9 Å². The van der Waals surface area contributed by atoms with Crippen molar-refractivity contribution in [2.45, 2.75) is 58.1 Å². The van der Waals surface area contributed by atoms with Crippen molar-refractivity contribution in [3.63, 3.8) is 0 Å². The largest absolute Gasteiger partial charge is 0.497 e. The van der Waals surface area contributed by atoms with Gasteiger partial charge >= 0.3 is 0 Å². The minimum Gasteiger partial charge on any atom is -0.497 e. The average Bonchev–Trinajstić information content (AvgIpc) is 2.67. The van der Waals surface area contributed by atoms with Gasteiger partial charge in [-0.05, 0) is 43.9 Å². The monoisotopic (exact) mass is 475 g/mol. The fraction of sp³-hybridized carbons (Fsp3) is 0.650. The van der Waals surface area contributed by atoms with Crippen LogP contribution in [0.5, 0.6) is 5.75 Å². The minimum atomic E-state index is 0. The molecule has 26 heavy (non-hydrogen) atoms. The second-order valence-electron chi connectivity index (χ2n) is 6.45. The molecule has 0 saturated heterocycles. The molecule has 6 heteroatoms. The summed E-state index contributed by atoms with van der Waals surface area (Å²) in [5.41, 5.74) is 1.17. The Balaban J connectivity index is 0.00000338. The number of methoxy groups -OCH3 is 1. The quantitative estimate of drug-likeness (QED) is 0.244. The van der Waals surface area contributed by atoms with E-state index in [4.69, 9.17) is 9.47 Å². The number of rotatable bonds is 9. The van der Waals surface area contributed by atoms with Crippen LogP contribution in [0, 0.1) is 0 Å². The molecule has 0 aliphatic heterocycles. The first-order valence-corrected chi connectivity index (χ1v) is 9.58. The maximum atomic E-state index is 5.96. The molecule has 2 rings (SSSR count). The van der Waals surface area contributed by atoms with E-state index in [9.17, 15) is 0 Å². The highest BCUT2D eigenvalue weighted by molar-refractivity contribution is 14.0. The number of nitrogens with zero attached hydrogens (tertiary/aromatic N) is 1. The second kappa shape index (κ2) is 14.1. The SMILES string of the molecule is CCNC(=NCc1ccc(OC)cc1)NCCCOC1CCCCC1.I. The summed E-state index contributed by atoms with van der Waals surface area (Å²) in [6, 6.07) is 8.02. The summed E-state index contributed by atoms with van der Waals surface area (Å²) in [5, 5.41) is 6.67. The molecule has 148 valence electrons. The first-order valence-electron chi connectivity index (χ1n) is 9.58. The Hall–Kier alpha value is -1.02. The summed E-state index contributed by atoms with van der Waals surface area (Å²) in [6.07, 6.45) is 7.99. The van der Waals surface area contributed by atoms with Gasteiger partial charge in [0.25, 0.3) is 0 Å². The fourth-order valence-corrected chi connectivity index (χ4v) is 3.00. The molecule has 0 radical (unpaired) electrons.